The third kappa shape index (κ3) is 6.14. The fourth-order valence-corrected chi connectivity index (χ4v) is 4.20. The van der Waals surface area contributed by atoms with Crippen molar-refractivity contribution >= 4 is 11.6 Å². The second kappa shape index (κ2) is 10.7. The molecule has 30 heavy (non-hydrogen) atoms. The van der Waals surface area contributed by atoms with Crippen LogP contribution in [0.3, 0.4) is 0 Å². The van der Waals surface area contributed by atoms with Gasteiger partial charge in [0.15, 0.2) is 0 Å². The molecule has 5 nitrogen and oxygen atoms in total. The Morgan fingerprint density at radius 2 is 1.67 bits per heavy atom. The molecular weight excluding hydrogens is 374 g/mol. The summed E-state index contributed by atoms with van der Waals surface area (Å²) in [5.74, 6) is 0.449. The van der Waals surface area contributed by atoms with Crippen molar-refractivity contribution < 1.29 is 9.53 Å². The van der Waals surface area contributed by atoms with E-state index in [9.17, 15) is 4.79 Å². The zero-order valence-corrected chi connectivity index (χ0v) is 18.7. The fourth-order valence-electron chi connectivity index (χ4n) is 4.20. The van der Waals surface area contributed by atoms with Crippen LogP contribution in [0.1, 0.15) is 36.6 Å². The summed E-state index contributed by atoms with van der Waals surface area (Å²) < 4.78 is 5.52. The van der Waals surface area contributed by atoms with Gasteiger partial charge in [-0.15, -0.1) is 0 Å². The average molecular weight is 410 g/mol. The first-order valence-corrected chi connectivity index (χ1v) is 10.9. The van der Waals surface area contributed by atoms with Crippen LogP contribution in [-0.4, -0.2) is 49.7 Å². The highest BCUT2D eigenvalue weighted by Gasteiger charge is 2.27. The highest BCUT2D eigenvalue weighted by atomic mass is 16.5. The molecule has 1 saturated heterocycles. The van der Waals surface area contributed by atoms with Gasteiger partial charge in [-0.05, 0) is 48.6 Å². The lowest BCUT2D eigenvalue weighted by atomic mass is 10.00. The number of ether oxygens (including phenoxy) is 1. The van der Waals surface area contributed by atoms with E-state index >= 15 is 0 Å². The molecule has 1 aliphatic rings. The van der Waals surface area contributed by atoms with Gasteiger partial charge in [0.1, 0.15) is 6.04 Å². The average Bonchev–Trinajstić information content (AvgIpc) is 2.71. The number of hydrogen-bond acceptors (Lipinski definition) is 4. The highest BCUT2D eigenvalue weighted by molar-refractivity contribution is 5.95. The van der Waals surface area contributed by atoms with E-state index in [2.05, 4.69) is 35.4 Å². The van der Waals surface area contributed by atoms with Gasteiger partial charge >= 0.3 is 0 Å². The first-order chi connectivity index (χ1) is 14.4. The quantitative estimate of drug-likeness (QED) is 0.694. The Kier molecular flexibility index (Phi) is 8.02. The maximum atomic E-state index is 13.3. The molecule has 5 heteroatoms. The number of carbonyl (C=O) groups excluding carboxylic acids is 1. The lowest BCUT2D eigenvalue weighted by molar-refractivity contribution is -0.118. The molecule has 0 aliphatic carbocycles. The maximum absolute atomic E-state index is 13.3. The zero-order chi connectivity index (χ0) is 21.5. The summed E-state index contributed by atoms with van der Waals surface area (Å²) >= 11 is 0. The lowest BCUT2D eigenvalue weighted by Crippen LogP contribution is -2.51. The molecule has 1 amide bonds. The van der Waals surface area contributed by atoms with Crippen molar-refractivity contribution in [2.24, 2.45) is 5.92 Å². The smallest absolute Gasteiger partial charge is 0.246 e. The Morgan fingerprint density at radius 1 is 1.03 bits per heavy atom. The lowest BCUT2D eigenvalue weighted by Gasteiger charge is -2.37. The second-order valence-corrected chi connectivity index (χ2v) is 8.58. The number of nitrogens with one attached hydrogen (secondary N) is 2. The number of carbonyl (C=O) groups is 1. The Labute approximate surface area is 180 Å². The number of hydrogen-bond donors (Lipinski definition) is 2. The number of morpholine rings is 1. The molecule has 1 aliphatic heterocycles. The number of benzene rings is 2. The molecule has 2 aromatic carbocycles. The first-order valence-electron chi connectivity index (χ1n) is 10.9. The molecule has 0 spiro atoms. The molecule has 2 atom stereocenters. The molecule has 1 fully saturated rings. The van der Waals surface area contributed by atoms with Crippen molar-refractivity contribution in [2.45, 2.75) is 39.8 Å². The molecule has 1 heterocycles. The molecule has 2 aromatic rings. The second-order valence-electron chi connectivity index (χ2n) is 8.58. The molecular formula is C25H35N3O2. The summed E-state index contributed by atoms with van der Waals surface area (Å²) in [6.45, 7) is 12.8. The van der Waals surface area contributed by atoms with E-state index in [-0.39, 0.29) is 5.91 Å². The van der Waals surface area contributed by atoms with Crippen LogP contribution in [0.2, 0.25) is 0 Å². The van der Waals surface area contributed by atoms with E-state index in [0.717, 1.165) is 55.2 Å². The van der Waals surface area contributed by atoms with E-state index < -0.39 is 6.04 Å². The number of aryl methyl sites for hydroxylation is 2. The predicted octanol–water partition coefficient (Wildman–Crippen LogP) is 3.93. The van der Waals surface area contributed by atoms with Gasteiger partial charge < -0.3 is 15.4 Å². The largest absolute Gasteiger partial charge is 0.379 e. The minimum atomic E-state index is -0.408. The van der Waals surface area contributed by atoms with Crippen LogP contribution in [0.4, 0.5) is 5.69 Å². The van der Waals surface area contributed by atoms with Crippen LogP contribution in [-0.2, 0) is 9.53 Å². The summed E-state index contributed by atoms with van der Waals surface area (Å²) in [5, 5.41) is 6.69. The third-order valence-electron chi connectivity index (χ3n) is 5.70. The Balaban J connectivity index is 1.75. The van der Waals surface area contributed by atoms with Crippen LogP contribution >= 0.6 is 0 Å². The van der Waals surface area contributed by atoms with Gasteiger partial charge in [0, 0.05) is 31.4 Å². The normalized spacial score (nSPS) is 17.0. The SMILES string of the molecule is Cc1cc(C)cc(NC(=O)[C@@H](NC[C@@H](C(C)C)N2CCOCC2)c2ccccc2)c1. The summed E-state index contributed by atoms with van der Waals surface area (Å²) in [7, 11) is 0. The third-order valence-corrected chi connectivity index (χ3v) is 5.70. The van der Waals surface area contributed by atoms with E-state index in [1.54, 1.807) is 0 Å². The Hall–Kier alpha value is -2.21. The minimum Gasteiger partial charge on any atom is -0.379 e. The van der Waals surface area contributed by atoms with Crippen LogP contribution in [0.25, 0.3) is 0 Å². The van der Waals surface area contributed by atoms with Gasteiger partial charge in [0.25, 0.3) is 0 Å². The fraction of sp³-hybridized carbons (Fsp3) is 0.480. The maximum Gasteiger partial charge on any atom is 0.246 e. The van der Waals surface area contributed by atoms with E-state index in [0.29, 0.717) is 12.0 Å². The summed E-state index contributed by atoms with van der Waals surface area (Å²) in [6, 6.07) is 16.0. The van der Waals surface area contributed by atoms with Gasteiger partial charge in [-0.3, -0.25) is 9.69 Å². The predicted molar refractivity (Wildman–Crippen MR) is 123 cm³/mol. The topological polar surface area (TPSA) is 53.6 Å². The molecule has 0 unspecified atom stereocenters. The van der Waals surface area contributed by atoms with E-state index in [1.165, 1.54) is 0 Å². The monoisotopic (exact) mass is 409 g/mol. The number of nitrogens with zero attached hydrogens (tertiary/aromatic N) is 1. The molecule has 3 rings (SSSR count). The molecule has 0 radical (unpaired) electrons. The zero-order valence-electron chi connectivity index (χ0n) is 18.7. The molecule has 162 valence electrons. The first kappa shape index (κ1) is 22.5. The van der Waals surface area contributed by atoms with Gasteiger partial charge in [-0.25, -0.2) is 0 Å². The van der Waals surface area contributed by atoms with Crippen molar-refractivity contribution in [3.63, 3.8) is 0 Å². The highest BCUT2D eigenvalue weighted by Crippen LogP contribution is 2.20. The number of amides is 1. The minimum absolute atomic E-state index is 0.0318. The van der Waals surface area contributed by atoms with Crippen LogP contribution in [0, 0.1) is 19.8 Å². The van der Waals surface area contributed by atoms with Crippen LogP contribution < -0.4 is 10.6 Å². The molecule has 0 saturated carbocycles. The van der Waals surface area contributed by atoms with Gasteiger partial charge in [-0.2, -0.15) is 0 Å². The van der Waals surface area contributed by atoms with Gasteiger partial charge in [0.2, 0.25) is 5.91 Å². The molecule has 2 N–H and O–H groups in total. The molecule has 0 bridgehead atoms. The number of anilines is 1. The van der Waals surface area contributed by atoms with Gasteiger partial charge in [-0.1, -0.05) is 50.2 Å². The van der Waals surface area contributed by atoms with Crippen molar-refractivity contribution in [3.05, 3.63) is 65.2 Å². The van der Waals surface area contributed by atoms with Crippen LogP contribution in [0.5, 0.6) is 0 Å². The summed E-state index contributed by atoms with van der Waals surface area (Å²) in [6.07, 6.45) is 0. The van der Waals surface area contributed by atoms with E-state index in [1.807, 2.05) is 56.3 Å². The summed E-state index contributed by atoms with van der Waals surface area (Å²) in [5.41, 5.74) is 4.10. The standard InChI is InChI=1S/C25H35N3O2/c1-18(2)23(28-10-12-30-13-11-28)17-26-24(21-8-6-5-7-9-21)25(29)27-22-15-19(3)14-20(4)16-22/h5-9,14-16,18,23-24,26H,10-13,17H2,1-4H3,(H,27,29)/t23-,24-/m0/s1. The van der Waals surface area contributed by atoms with Crippen molar-refractivity contribution in [3.8, 4) is 0 Å². The molecule has 0 aromatic heterocycles. The Morgan fingerprint density at radius 3 is 2.27 bits per heavy atom. The van der Waals surface area contributed by atoms with Crippen molar-refractivity contribution in [2.75, 3.05) is 38.2 Å². The van der Waals surface area contributed by atoms with Gasteiger partial charge in [0.05, 0.1) is 13.2 Å². The van der Waals surface area contributed by atoms with E-state index in [4.69, 9.17) is 4.74 Å². The van der Waals surface area contributed by atoms with Crippen molar-refractivity contribution in [1.82, 2.24) is 10.2 Å². The van der Waals surface area contributed by atoms with Crippen LogP contribution in [0.15, 0.2) is 48.5 Å². The number of rotatable bonds is 8. The summed E-state index contributed by atoms with van der Waals surface area (Å²) in [4.78, 5) is 15.8. The van der Waals surface area contributed by atoms with Crippen molar-refractivity contribution in [1.29, 1.82) is 0 Å². The Bertz CT molecular complexity index is 796.